The fourth-order valence-corrected chi connectivity index (χ4v) is 1.71. The Balaban J connectivity index is 2.23. The highest BCUT2D eigenvalue weighted by Gasteiger charge is 2.17. The summed E-state index contributed by atoms with van der Waals surface area (Å²) in [6.07, 6.45) is 0. The third-order valence-electron chi connectivity index (χ3n) is 2.74. The quantitative estimate of drug-likeness (QED) is 0.787. The molecular formula is C14H24N2O. The van der Waals surface area contributed by atoms with Crippen LogP contribution in [-0.4, -0.2) is 38.2 Å². The van der Waals surface area contributed by atoms with Crippen LogP contribution in [0.4, 0.5) is 0 Å². The van der Waals surface area contributed by atoms with Crippen LogP contribution < -0.4 is 10.5 Å². The van der Waals surface area contributed by atoms with E-state index in [0.29, 0.717) is 13.2 Å². The van der Waals surface area contributed by atoms with Crippen LogP contribution in [0.2, 0.25) is 0 Å². The second kappa shape index (κ2) is 6.62. The number of ether oxygens (including phenoxy) is 1. The average Bonchev–Trinajstić information content (AvgIpc) is 2.30. The van der Waals surface area contributed by atoms with Gasteiger partial charge in [0.05, 0.1) is 0 Å². The lowest BCUT2D eigenvalue weighted by Crippen LogP contribution is -2.38. The molecule has 3 heteroatoms. The number of para-hydroxylation sites is 1. The van der Waals surface area contributed by atoms with Crippen molar-refractivity contribution in [2.75, 3.05) is 33.3 Å². The second-order valence-electron chi connectivity index (χ2n) is 5.27. The van der Waals surface area contributed by atoms with Crippen molar-refractivity contribution in [3.63, 3.8) is 0 Å². The Labute approximate surface area is 105 Å². The molecule has 3 nitrogen and oxygen atoms in total. The first kappa shape index (κ1) is 14.0. The van der Waals surface area contributed by atoms with E-state index in [-0.39, 0.29) is 5.41 Å². The van der Waals surface area contributed by atoms with E-state index in [9.17, 15) is 0 Å². The summed E-state index contributed by atoms with van der Waals surface area (Å²) >= 11 is 0. The molecule has 0 heterocycles. The largest absolute Gasteiger partial charge is 0.492 e. The lowest BCUT2D eigenvalue weighted by Gasteiger charge is -2.28. The third-order valence-corrected chi connectivity index (χ3v) is 2.74. The number of nitrogens with two attached hydrogens (primary N) is 1. The van der Waals surface area contributed by atoms with Crippen LogP contribution in [0.15, 0.2) is 30.3 Å². The minimum absolute atomic E-state index is 0.168. The number of benzene rings is 1. The predicted octanol–water partition coefficient (Wildman–Crippen LogP) is 1.98. The van der Waals surface area contributed by atoms with Gasteiger partial charge in [0.2, 0.25) is 0 Å². The van der Waals surface area contributed by atoms with Crippen LogP contribution in [0.5, 0.6) is 5.75 Å². The molecule has 1 aromatic rings. The summed E-state index contributed by atoms with van der Waals surface area (Å²) in [6, 6.07) is 9.91. The van der Waals surface area contributed by atoms with E-state index < -0.39 is 0 Å². The monoisotopic (exact) mass is 236 g/mol. The molecule has 0 amide bonds. The zero-order chi connectivity index (χ0) is 12.7. The Morgan fingerprint density at radius 2 is 1.88 bits per heavy atom. The molecule has 0 bridgehead atoms. The van der Waals surface area contributed by atoms with Crippen LogP contribution in [0.1, 0.15) is 13.8 Å². The molecule has 96 valence electrons. The van der Waals surface area contributed by atoms with Crippen molar-refractivity contribution in [2.24, 2.45) is 11.1 Å². The lowest BCUT2D eigenvalue weighted by atomic mass is 9.93. The number of rotatable bonds is 7. The Morgan fingerprint density at radius 3 is 2.47 bits per heavy atom. The van der Waals surface area contributed by atoms with Gasteiger partial charge in [-0.3, -0.25) is 0 Å². The number of likely N-dealkylation sites (N-methyl/N-ethyl adjacent to an activating group) is 1. The summed E-state index contributed by atoms with van der Waals surface area (Å²) in [4.78, 5) is 2.26. The maximum absolute atomic E-state index is 5.72. The molecule has 0 aliphatic heterocycles. The Kier molecular flexibility index (Phi) is 5.45. The number of hydrogen-bond acceptors (Lipinski definition) is 3. The van der Waals surface area contributed by atoms with Gasteiger partial charge in [0.25, 0.3) is 0 Å². The van der Waals surface area contributed by atoms with Crippen molar-refractivity contribution in [1.29, 1.82) is 0 Å². The van der Waals surface area contributed by atoms with Crippen LogP contribution >= 0.6 is 0 Å². The van der Waals surface area contributed by atoms with Crippen LogP contribution in [0, 0.1) is 5.41 Å². The van der Waals surface area contributed by atoms with E-state index in [1.165, 1.54) is 0 Å². The van der Waals surface area contributed by atoms with Gasteiger partial charge in [-0.15, -0.1) is 0 Å². The fraction of sp³-hybridized carbons (Fsp3) is 0.571. The third kappa shape index (κ3) is 5.71. The number of nitrogens with zero attached hydrogens (tertiary/aromatic N) is 1. The SMILES string of the molecule is CN(CCOc1ccccc1)CC(C)(C)CN. The van der Waals surface area contributed by atoms with Gasteiger partial charge in [-0.1, -0.05) is 32.0 Å². The predicted molar refractivity (Wildman–Crippen MR) is 72.3 cm³/mol. The molecule has 0 fully saturated rings. The highest BCUT2D eigenvalue weighted by atomic mass is 16.5. The zero-order valence-corrected chi connectivity index (χ0v) is 11.1. The van der Waals surface area contributed by atoms with Crippen LogP contribution in [-0.2, 0) is 0 Å². The van der Waals surface area contributed by atoms with E-state index in [0.717, 1.165) is 18.8 Å². The van der Waals surface area contributed by atoms with Gasteiger partial charge in [-0.05, 0) is 31.1 Å². The molecule has 0 atom stereocenters. The van der Waals surface area contributed by atoms with Crippen molar-refractivity contribution in [2.45, 2.75) is 13.8 Å². The molecule has 1 rings (SSSR count). The molecule has 0 unspecified atom stereocenters. The smallest absolute Gasteiger partial charge is 0.119 e. The molecule has 0 aliphatic carbocycles. The van der Waals surface area contributed by atoms with Crippen molar-refractivity contribution in [3.8, 4) is 5.75 Å². The summed E-state index contributed by atoms with van der Waals surface area (Å²) < 4.78 is 5.65. The van der Waals surface area contributed by atoms with Gasteiger partial charge in [-0.25, -0.2) is 0 Å². The van der Waals surface area contributed by atoms with Gasteiger partial charge >= 0.3 is 0 Å². The normalized spacial score (nSPS) is 11.8. The first-order valence-electron chi connectivity index (χ1n) is 6.10. The summed E-state index contributed by atoms with van der Waals surface area (Å²) in [5.41, 5.74) is 5.88. The molecule has 0 aliphatic rings. The van der Waals surface area contributed by atoms with Gasteiger partial charge in [0.15, 0.2) is 0 Å². The molecule has 0 aromatic heterocycles. The lowest BCUT2D eigenvalue weighted by molar-refractivity contribution is 0.181. The van der Waals surface area contributed by atoms with E-state index in [2.05, 4.69) is 25.8 Å². The molecule has 17 heavy (non-hydrogen) atoms. The minimum Gasteiger partial charge on any atom is -0.492 e. The summed E-state index contributed by atoms with van der Waals surface area (Å²) in [5.74, 6) is 0.930. The molecule has 0 spiro atoms. The standard InChI is InChI=1S/C14H24N2O/c1-14(2,11-15)12-16(3)9-10-17-13-7-5-4-6-8-13/h4-8H,9-12,15H2,1-3H3. The van der Waals surface area contributed by atoms with E-state index >= 15 is 0 Å². The molecule has 2 N–H and O–H groups in total. The van der Waals surface area contributed by atoms with E-state index in [4.69, 9.17) is 10.5 Å². The molecule has 0 radical (unpaired) electrons. The first-order chi connectivity index (χ1) is 8.03. The zero-order valence-electron chi connectivity index (χ0n) is 11.1. The van der Waals surface area contributed by atoms with E-state index in [1.54, 1.807) is 0 Å². The second-order valence-corrected chi connectivity index (χ2v) is 5.27. The summed E-state index contributed by atoms with van der Waals surface area (Å²) in [6.45, 7) is 7.68. The maximum atomic E-state index is 5.72. The van der Waals surface area contributed by atoms with Crippen molar-refractivity contribution < 1.29 is 4.74 Å². The average molecular weight is 236 g/mol. The summed E-state index contributed by atoms with van der Waals surface area (Å²) in [7, 11) is 2.10. The van der Waals surface area contributed by atoms with Crippen LogP contribution in [0.3, 0.4) is 0 Å². The van der Waals surface area contributed by atoms with Gasteiger partial charge in [0.1, 0.15) is 12.4 Å². The van der Waals surface area contributed by atoms with Gasteiger partial charge < -0.3 is 15.4 Å². The Bertz CT molecular complexity index is 311. The first-order valence-corrected chi connectivity index (χ1v) is 6.10. The van der Waals surface area contributed by atoms with Crippen molar-refractivity contribution >= 4 is 0 Å². The van der Waals surface area contributed by atoms with Crippen molar-refractivity contribution in [3.05, 3.63) is 30.3 Å². The maximum Gasteiger partial charge on any atom is 0.119 e. The molecule has 0 saturated heterocycles. The number of hydrogen-bond donors (Lipinski definition) is 1. The van der Waals surface area contributed by atoms with Gasteiger partial charge in [0, 0.05) is 13.1 Å². The van der Waals surface area contributed by atoms with Crippen molar-refractivity contribution in [1.82, 2.24) is 4.90 Å². The Morgan fingerprint density at radius 1 is 1.24 bits per heavy atom. The van der Waals surface area contributed by atoms with Crippen LogP contribution in [0.25, 0.3) is 0 Å². The summed E-state index contributed by atoms with van der Waals surface area (Å²) in [5, 5.41) is 0. The molecule has 1 aromatic carbocycles. The van der Waals surface area contributed by atoms with Gasteiger partial charge in [-0.2, -0.15) is 0 Å². The highest BCUT2D eigenvalue weighted by Crippen LogP contribution is 2.13. The highest BCUT2D eigenvalue weighted by molar-refractivity contribution is 5.20. The topological polar surface area (TPSA) is 38.5 Å². The Hall–Kier alpha value is -1.06. The fourth-order valence-electron chi connectivity index (χ4n) is 1.71. The minimum atomic E-state index is 0.168. The van der Waals surface area contributed by atoms with E-state index in [1.807, 2.05) is 30.3 Å². The molecule has 0 saturated carbocycles. The molecular weight excluding hydrogens is 212 g/mol.